The van der Waals surface area contributed by atoms with E-state index in [0.717, 1.165) is 6.42 Å². The first-order chi connectivity index (χ1) is 11.6. The van der Waals surface area contributed by atoms with E-state index in [1.54, 1.807) is 36.4 Å². The number of rotatable bonds is 7. The van der Waals surface area contributed by atoms with E-state index >= 15 is 0 Å². The zero-order chi connectivity index (χ0) is 17.4. The summed E-state index contributed by atoms with van der Waals surface area (Å²) in [5, 5.41) is 9.35. The molecule has 0 fully saturated rings. The first-order valence-electron chi connectivity index (χ1n) is 7.91. The van der Waals surface area contributed by atoms with Crippen LogP contribution in [0, 0.1) is 0 Å². The third-order valence-electron chi connectivity index (χ3n) is 3.41. The van der Waals surface area contributed by atoms with Crippen LogP contribution in [0.15, 0.2) is 60.4 Å². The molecule has 124 valence electrons. The highest BCUT2D eigenvalue weighted by atomic mass is 16.5. The van der Waals surface area contributed by atoms with Crippen molar-refractivity contribution in [3.8, 4) is 5.75 Å². The topological polar surface area (TPSA) is 63.6 Å². The van der Waals surface area contributed by atoms with Crippen LogP contribution >= 0.6 is 0 Å². The van der Waals surface area contributed by atoms with Crippen LogP contribution in [0.3, 0.4) is 0 Å². The van der Waals surface area contributed by atoms with Crippen LogP contribution in [0.1, 0.15) is 42.1 Å². The fourth-order valence-electron chi connectivity index (χ4n) is 2.09. The van der Waals surface area contributed by atoms with E-state index in [1.165, 1.54) is 18.2 Å². The first-order valence-corrected chi connectivity index (χ1v) is 7.91. The monoisotopic (exact) mass is 324 g/mol. The molecule has 1 N–H and O–H groups in total. The maximum absolute atomic E-state index is 12.6. The van der Waals surface area contributed by atoms with E-state index in [0.29, 0.717) is 17.5 Å². The van der Waals surface area contributed by atoms with E-state index in [-0.39, 0.29) is 23.7 Å². The van der Waals surface area contributed by atoms with E-state index in [2.05, 4.69) is 0 Å². The van der Waals surface area contributed by atoms with Gasteiger partial charge < -0.3 is 9.84 Å². The van der Waals surface area contributed by atoms with Crippen molar-refractivity contribution in [2.45, 2.75) is 26.2 Å². The summed E-state index contributed by atoms with van der Waals surface area (Å²) in [6.45, 7) is 1.98. The molecule has 0 aliphatic heterocycles. The lowest BCUT2D eigenvalue weighted by molar-refractivity contribution is -0.139. The average molecular weight is 324 g/mol. The van der Waals surface area contributed by atoms with Crippen molar-refractivity contribution >= 4 is 17.8 Å². The van der Waals surface area contributed by atoms with Crippen LogP contribution in [0.25, 0.3) is 6.08 Å². The summed E-state index contributed by atoms with van der Waals surface area (Å²) >= 11 is 0. The number of allylic oxidation sites excluding steroid dienone is 1. The summed E-state index contributed by atoms with van der Waals surface area (Å²) in [5.74, 6) is -0.671. The van der Waals surface area contributed by atoms with Crippen molar-refractivity contribution in [1.82, 2.24) is 0 Å². The Balaban J connectivity index is 2.28. The molecule has 0 aliphatic carbocycles. The number of ketones is 1. The van der Waals surface area contributed by atoms with Crippen molar-refractivity contribution < 1.29 is 19.4 Å². The van der Waals surface area contributed by atoms with E-state index in [4.69, 9.17) is 4.74 Å². The van der Waals surface area contributed by atoms with Crippen molar-refractivity contribution in [1.29, 1.82) is 0 Å². The van der Waals surface area contributed by atoms with Gasteiger partial charge in [0, 0.05) is 12.0 Å². The summed E-state index contributed by atoms with van der Waals surface area (Å²) in [6.07, 6.45) is 3.37. The standard InChI is InChI=1S/C20H20O4/c1-2-3-9-19(22)24-18(14-15-10-12-17(21)13-11-15)20(23)16-7-5-4-6-8-16/h4-8,10-14,21H,2-3,9H2,1H3/b18-14+. The molecule has 0 spiro atoms. The smallest absolute Gasteiger partial charge is 0.311 e. The molecule has 0 saturated heterocycles. The lowest BCUT2D eigenvalue weighted by Gasteiger charge is -2.08. The molecular weight excluding hydrogens is 304 g/mol. The molecule has 2 rings (SSSR count). The Morgan fingerprint density at radius 3 is 2.33 bits per heavy atom. The fraction of sp³-hybridized carbons (Fsp3) is 0.200. The van der Waals surface area contributed by atoms with Crippen LogP contribution in [0.5, 0.6) is 5.75 Å². The molecule has 0 bridgehead atoms. The molecule has 0 saturated carbocycles. The van der Waals surface area contributed by atoms with Crippen LogP contribution in [0.2, 0.25) is 0 Å². The number of benzene rings is 2. The van der Waals surface area contributed by atoms with Gasteiger partial charge in [0.25, 0.3) is 0 Å². The molecule has 4 nitrogen and oxygen atoms in total. The van der Waals surface area contributed by atoms with Gasteiger partial charge >= 0.3 is 5.97 Å². The third kappa shape index (κ3) is 5.09. The summed E-state index contributed by atoms with van der Waals surface area (Å²) in [5.41, 5.74) is 1.11. The Kier molecular flexibility index (Phi) is 6.32. The third-order valence-corrected chi connectivity index (χ3v) is 3.41. The van der Waals surface area contributed by atoms with Crippen LogP contribution in [-0.2, 0) is 9.53 Å². The van der Waals surface area contributed by atoms with Crippen LogP contribution in [-0.4, -0.2) is 16.9 Å². The lowest BCUT2D eigenvalue weighted by Crippen LogP contribution is -2.12. The zero-order valence-corrected chi connectivity index (χ0v) is 13.6. The summed E-state index contributed by atoms with van der Waals surface area (Å²) < 4.78 is 5.31. The number of carbonyl (C=O) groups excluding carboxylic acids is 2. The minimum Gasteiger partial charge on any atom is -0.508 e. The molecule has 2 aromatic rings. The quantitative estimate of drug-likeness (QED) is 0.356. The van der Waals surface area contributed by atoms with E-state index in [1.807, 2.05) is 13.0 Å². The minimum atomic E-state index is -0.425. The molecule has 0 unspecified atom stereocenters. The molecule has 2 aromatic carbocycles. The largest absolute Gasteiger partial charge is 0.508 e. The van der Waals surface area contributed by atoms with Gasteiger partial charge in [-0.05, 0) is 30.2 Å². The summed E-state index contributed by atoms with van der Waals surface area (Å²) in [6, 6.07) is 15.0. The lowest BCUT2D eigenvalue weighted by atomic mass is 10.1. The van der Waals surface area contributed by atoms with Gasteiger partial charge in [0.1, 0.15) is 5.75 Å². The number of hydrogen-bond donors (Lipinski definition) is 1. The molecule has 0 radical (unpaired) electrons. The van der Waals surface area contributed by atoms with Gasteiger partial charge in [0.05, 0.1) is 0 Å². The number of ether oxygens (including phenoxy) is 1. The average Bonchev–Trinajstić information content (AvgIpc) is 2.61. The number of phenolic OH excluding ortho intramolecular Hbond substituents is 1. The Morgan fingerprint density at radius 2 is 1.71 bits per heavy atom. The van der Waals surface area contributed by atoms with Gasteiger partial charge in [-0.15, -0.1) is 0 Å². The highest BCUT2D eigenvalue weighted by molar-refractivity contribution is 6.10. The minimum absolute atomic E-state index is 0.0204. The molecule has 24 heavy (non-hydrogen) atoms. The number of hydrogen-bond acceptors (Lipinski definition) is 4. The van der Waals surface area contributed by atoms with Crippen LogP contribution < -0.4 is 0 Å². The van der Waals surface area contributed by atoms with Gasteiger partial charge in [0.2, 0.25) is 5.78 Å². The zero-order valence-electron chi connectivity index (χ0n) is 13.6. The number of aromatic hydroxyl groups is 1. The second-order valence-corrected chi connectivity index (χ2v) is 5.37. The summed E-state index contributed by atoms with van der Waals surface area (Å²) in [7, 11) is 0. The molecule has 0 atom stereocenters. The predicted octanol–water partition coefficient (Wildman–Crippen LogP) is 4.35. The van der Waals surface area contributed by atoms with Crippen molar-refractivity contribution in [2.75, 3.05) is 0 Å². The molecule has 0 amide bonds. The number of carbonyl (C=O) groups is 2. The Labute approximate surface area is 141 Å². The van der Waals surface area contributed by atoms with Gasteiger partial charge in [-0.3, -0.25) is 9.59 Å². The highest BCUT2D eigenvalue weighted by Crippen LogP contribution is 2.17. The Morgan fingerprint density at radius 1 is 1.04 bits per heavy atom. The van der Waals surface area contributed by atoms with E-state index < -0.39 is 5.97 Å². The van der Waals surface area contributed by atoms with Gasteiger partial charge in [-0.1, -0.05) is 55.8 Å². The number of esters is 1. The maximum atomic E-state index is 12.6. The van der Waals surface area contributed by atoms with E-state index in [9.17, 15) is 14.7 Å². The first kappa shape index (κ1) is 17.5. The molecule has 0 aliphatic rings. The molecule has 0 heterocycles. The van der Waals surface area contributed by atoms with Crippen molar-refractivity contribution in [3.05, 3.63) is 71.5 Å². The normalized spacial score (nSPS) is 11.1. The number of unbranched alkanes of at least 4 members (excludes halogenated alkanes) is 1. The summed E-state index contributed by atoms with van der Waals surface area (Å²) in [4.78, 5) is 24.6. The van der Waals surface area contributed by atoms with Crippen molar-refractivity contribution in [2.24, 2.45) is 0 Å². The van der Waals surface area contributed by atoms with Crippen LogP contribution in [0.4, 0.5) is 0 Å². The number of Topliss-reactive ketones (excluding diaryl/α,β-unsaturated/α-hetero) is 1. The second-order valence-electron chi connectivity index (χ2n) is 5.37. The Hall–Kier alpha value is -2.88. The van der Waals surface area contributed by atoms with Gasteiger partial charge in [0.15, 0.2) is 5.76 Å². The second kappa shape index (κ2) is 8.67. The molecule has 0 aromatic heterocycles. The van der Waals surface area contributed by atoms with Gasteiger partial charge in [-0.25, -0.2) is 0 Å². The SMILES string of the molecule is CCCCC(=O)O/C(=C/c1ccc(O)cc1)C(=O)c1ccccc1. The molecular formula is C20H20O4. The number of phenols is 1. The molecule has 4 heteroatoms. The Bertz CT molecular complexity index is 715. The van der Waals surface area contributed by atoms with Crippen molar-refractivity contribution in [3.63, 3.8) is 0 Å². The van der Waals surface area contributed by atoms with Gasteiger partial charge in [-0.2, -0.15) is 0 Å². The maximum Gasteiger partial charge on any atom is 0.311 e. The predicted molar refractivity (Wildman–Crippen MR) is 92.5 cm³/mol. The fourth-order valence-corrected chi connectivity index (χ4v) is 2.09. The highest BCUT2D eigenvalue weighted by Gasteiger charge is 2.17.